The Morgan fingerprint density at radius 3 is 2.62 bits per heavy atom. The number of nitrogens with zero attached hydrogens (tertiary/aromatic N) is 3. The minimum atomic E-state index is -0.952. The summed E-state index contributed by atoms with van der Waals surface area (Å²) < 4.78 is 25.5. The van der Waals surface area contributed by atoms with Crippen LogP contribution in [0, 0.1) is 11.6 Å². The van der Waals surface area contributed by atoms with Crippen LogP contribution in [0.4, 0.5) is 26.4 Å². The molecule has 1 heterocycles. The SMILES string of the molecule is Nc1ncnc(Nc2ccc(F)c(F)c2)n1. The highest BCUT2D eigenvalue weighted by Gasteiger charge is 2.04. The molecular formula is C9H7F2N5. The van der Waals surface area contributed by atoms with Gasteiger partial charge in [-0.05, 0) is 12.1 Å². The molecule has 0 saturated heterocycles. The van der Waals surface area contributed by atoms with Gasteiger partial charge in [-0.15, -0.1) is 0 Å². The monoisotopic (exact) mass is 223 g/mol. The third-order valence-corrected chi connectivity index (χ3v) is 1.77. The van der Waals surface area contributed by atoms with Crippen molar-refractivity contribution in [2.75, 3.05) is 11.1 Å². The number of nitrogens with one attached hydrogen (secondary N) is 1. The highest BCUT2D eigenvalue weighted by atomic mass is 19.2. The standard InChI is InChI=1S/C9H7F2N5/c10-6-2-1-5(3-7(6)11)15-9-14-4-13-8(12)16-9/h1-4H,(H3,12,13,14,15,16). The summed E-state index contributed by atoms with van der Waals surface area (Å²) in [6.07, 6.45) is 1.21. The summed E-state index contributed by atoms with van der Waals surface area (Å²) in [6.45, 7) is 0. The maximum absolute atomic E-state index is 12.9. The van der Waals surface area contributed by atoms with E-state index in [2.05, 4.69) is 20.3 Å². The normalized spacial score (nSPS) is 10.1. The molecule has 0 saturated carbocycles. The fourth-order valence-electron chi connectivity index (χ4n) is 1.07. The molecule has 1 aromatic carbocycles. The summed E-state index contributed by atoms with van der Waals surface area (Å²) in [5.41, 5.74) is 5.65. The van der Waals surface area contributed by atoms with Gasteiger partial charge in [-0.1, -0.05) is 0 Å². The Labute approximate surface area is 89.4 Å². The third-order valence-electron chi connectivity index (χ3n) is 1.77. The molecule has 2 aromatic rings. The summed E-state index contributed by atoms with van der Waals surface area (Å²) in [6, 6.07) is 3.36. The zero-order chi connectivity index (χ0) is 11.5. The van der Waals surface area contributed by atoms with Gasteiger partial charge in [0, 0.05) is 11.8 Å². The minimum Gasteiger partial charge on any atom is -0.368 e. The van der Waals surface area contributed by atoms with Crippen LogP contribution in [0.2, 0.25) is 0 Å². The average Bonchev–Trinajstić information content (AvgIpc) is 2.24. The molecule has 3 N–H and O–H groups in total. The molecule has 0 bridgehead atoms. The van der Waals surface area contributed by atoms with Crippen molar-refractivity contribution in [2.45, 2.75) is 0 Å². The number of nitrogen functional groups attached to an aromatic ring is 1. The molecule has 2 rings (SSSR count). The predicted molar refractivity (Wildman–Crippen MR) is 53.9 cm³/mol. The van der Waals surface area contributed by atoms with E-state index < -0.39 is 11.6 Å². The van der Waals surface area contributed by atoms with E-state index in [0.29, 0.717) is 5.69 Å². The molecule has 0 spiro atoms. The maximum Gasteiger partial charge on any atom is 0.231 e. The van der Waals surface area contributed by atoms with E-state index in [4.69, 9.17) is 5.73 Å². The summed E-state index contributed by atoms with van der Waals surface area (Å²) in [4.78, 5) is 11.1. The molecule has 0 aliphatic heterocycles. The van der Waals surface area contributed by atoms with Gasteiger partial charge in [-0.25, -0.2) is 18.7 Å². The van der Waals surface area contributed by atoms with Gasteiger partial charge in [0.05, 0.1) is 0 Å². The molecule has 82 valence electrons. The van der Waals surface area contributed by atoms with Crippen LogP contribution in [-0.4, -0.2) is 15.0 Å². The highest BCUT2D eigenvalue weighted by Crippen LogP contribution is 2.16. The molecule has 0 aliphatic carbocycles. The first-order valence-corrected chi connectivity index (χ1v) is 4.32. The molecule has 0 aliphatic rings. The van der Waals surface area contributed by atoms with E-state index in [-0.39, 0.29) is 11.9 Å². The Balaban J connectivity index is 2.24. The van der Waals surface area contributed by atoms with Crippen LogP contribution in [0.25, 0.3) is 0 Å². The molecule has 7 heteroatoms. The lowest BCUT2D eigenvalue weighted by Crippen LogP contribution is -2.02. The van der Waals surface area contributed by atoms with Crippen molar-refractivity contribution in [3.63, 3.8) is 0 Å². The number of benzene rings is 1. The number of halogens is 2. The van der Waals surface area contributed by atoms with Gasteiger partial charge in [0.25, 0.3) is 0 Å². The van der Waals surface area contributed by atoms with Gasteiger partial charge < -0.3 is 11.1 Å². The summed E-state index contributed by atoms with van der Waals surface area (Å²) in [5.74, 6) is -1.66. The third kappa shape index (κ3) is 2.19. The average molecular weight is 223 g/mol. The van der Waals surface area contributed by atoms with E-state index in [1.54, 1.807) is 0 Å². The van der Waals surface area contributed by atoms with Crippen LogP contribution in [0.5, 0.6) is 0 Å². The molecule has 16 heavy (non-hydrogen) atoms. The topological polar surface area (TPSA) is 76.7 Å². The Bertz CT molecular complexity index is 517. The molecule has 0 fully saturated rings. The molecule has 0 atom stereocenters. The number of aromatic nitrogens is 3. The lowest BCUT2D eigenvalue weighted by atomic mass is 10.3. The minimum absolute atomic E-state index is 0.0417. The van der Waals surface area contributed by atoms with Gasteiger partial charge in [-0.2, -0.15) is 4.98 Å². The molecule has 5 nitrogen and oxygen atoms in total. The van der Waals surface area contributed by atoms with Crippen molar-refractivity contribution in [3.8, 4) is 0 Å². The Morgan fingerprint density at radius 2 is 1.94 bits per heavy atom. The van der Waals surface area contributed by atoms with E-state index in [1.807, 2.05) is 0 Å². The molecule has 0 amide bonds. The summed E-state index contributed by atoms with van der Waals surface area (Å²) in [5, 5.41) is 2.66. The first-order chi connectivity index (χ1) is 7.65. The maximum atomic E-state index is 12.9. The van der Waals surface area contributed by atoms with Crippen LogP contribution < -0.4 is 11.1 Å². The van der Waals surface area contributed by atoms with Gasteiger partial charge >= 0.3 is 0 Å². The lowest BCUT2D eigenvalue weighted by molar-refractivity contribution is 0.509. The van der Waals surface area contributed by atoms with Crippen molar-refractivity contribution < 1.29 is 8.78 Å². The van der Waals surface area contributed by atoms with Crippen molar-refractivity contribution in [3.05, 3.63) is 36.2 Å². The van der Waals surface area contributed by atoms with Crippen LogP contribution in [-0.2, 0) is 0 Å². The summed E-state index contributed by atoms with van der Waals surface area (Å²) >= 11 is 0. The molecule has 1 aromatic heterocycles. The van der Waals surface area contributed by atoms with Gasteiger partial charge in [0.15, 0.2) is 11.6 Å². The number of hydrogen-bond acceptors (Lipinski definition) is 5. The molecule has 0 unspecified atom stereocenters. The first-order valence-electron chi connectivity index (χ1n) is 4.32. The first kappa shape index (κ1) is 10.2. The summed E-state index contributed by atoms with van der Waals surface area (Å²) in [7, 11) is 0. The van der Waals surface area contributed by atoms with Crippen LogP contribution in [0.3, 0.4) is 0 Å². The Morgan fingerprint density at radius 1 is 1.12 bits per heavy atom. The Kier molecular flexibility index (Phi) is 2.59. The highest BCUT2D eigenvalue weighted by molar-refractivity contribution is 5.53. The van der Waals surface area contributed by atoms with E-state index in [1.165, 1.54) is 12.4 Å². The second-order valence-corrected chi connectivity index (χ2v) is 2.92. The van der Waals surface area contributed by atoms with Gasteiger partial charge in [0.2, 0.25) is 11.9 Å². The zero-order valence-electron chi connectivity index (χ0n) is 7.98. The van der Waals surface area contributed by atoms with E-state index >= 15 is 0 Å². The van der Waals surface area contributed by atoms with Gasteiger partial charge in [-0.3, -0.25) is 0 Å². The number of hydrogen-bond donors (Lipinski definition) is 2. The van der Waals surface area contributed by atoms with Crippen LogP contribution in [0.1, 0.15) is 0 Å². The van der Waals surface area contributed by atoms with Crippen molar-refractivity contribution in [1.82, 2.24) is 15.0 Å². The number of rotatable bonds is 2. The van der Waals surface area contributed by atoms with E-state index in [9.17, 15) is 8.78 Å². The quantitative estimate of drug-likeness (QED) is 0.806. The number of anilines is 3. The second-order valence-electron chi connectivity index (χ2n) is 2.92. The van der Waals surface area contributed by atoms with Crippen molar-refractivity contribution in [1.29, 1.82) is 0 Å². The van der Waals surface area contributed by atoms with Gasteiger partial charge in [0.1, 0.15) is 6.33 Å². The smallest absolute Gasteiger partial charge is 0.231 e. The fraction of sp³-hybridized carbons (Fsp3) is 0. The second kappa shape index (κ2) is 4.05. The molecule has 0 radical (unpaired) electrons. The van der Waals surface area contributed by atoms with Crippen LogP contribution in [0.15, 0.2) is 24.5 Å². The van der Waals surface area contributed by atoms with Crippen molar-refractivity contribution >= 4 is 17.6 Å². The van der Waals surface area contributed by atoms with Crippen LogP contribution >= 0.6 is 0 Å². The zero-order valence-corrected chi connectivity index (χ0v) is 7.98. The fourth-order valence-corrected chi connectivity index (χ4v) is 1.07. The lowest BCUT2D eigenvalue weighted by Gasteiger charge is -2.04. The molecular weight excluding hydrogens is 216 g/mol. The largest absolute Gasteiger partial charge is 0.368 e. The number of nitrogens with two attached hydrogens (primary N) is 1. The predicted octanol–water partition coefficient (Wildman–Crippen LogP) is 1.48. The van der Waals surface area contributed by atoms with E-state index in [0.717, 1.165) is 12.1 Å². The Hall–Kier alpha value is -2.31. The van der Waals surface area contributed by atoms with Crippen molar-refractivity contribution in [2.24, 2.45) is 0 Å².